The van der Waals surface area contributed by atoms with Crippen molar-refractivity contribution in [3.8, 4) is 0 Å². The number of H-pyrrole nitrogens is 1. The number of nitrogens with zero attached hydrogens (tertiary/aromatic N) is 6. The molecule has 0 radical (unpaired) electrons. The number of amides is 1. The molecule has 1 amide bonds. The molecule has 160 valence electrons. The van der Waals surface area contributed by atoms with E-state index in [1.54, 1.807) is 12.3 Å². The number of carbonyl (C=O) groups excluding carboxylic acids is 1. The maximum Gasteiger partial charge on any atom is 0.330 e. The van der Waals surface area contributed by atoms with Crippen molar-refractivity contribution < 1.29 is 4.79 Å². The summed E-state index contributed by atoms with van der Waals surface area (Å²) in [6.45, 7) is 9.94. The predicted octanol–water partition coefficient (Wildman–Crippen LogP) is 0.824. The maximum absolute atomic E-state index is 13.3. The zero-order chi connectivity index (χ0) is 22.2. The van der Waals surface area contributed by atoms with E-state index in [1.165, 1.54) is 14.0 Å². The van der Waals surface area contributed by atoms with Gasteiger partial charge in [-0.15, -0.1) is 5.10 Å². The van der Waals surface area contributed by atoms with Gasteiger partial charge in [-0.2, -0.15) is 4.98 Å². The van der Waals surface area contributed by atoms with Crippen LogP contribution in [0.2, 0.25) is 0 Å². The summed E-state index contributed by atoms with van der Waals surface area (Å²) in [5, 5.41) is 4.24. The molecule has 11 heteroatoms. The minimum Gasteiger partial charge on any atom is -0.383 e. The van der Waals surface area contributed by atoms with Crippen molar-refractivity contribution in [2.75, 3.05) is 17.2 Å². The summed E-state index contributed by atoms with van der Waals surface area (Å²) in [6.07, 6.45) is 1.57. The van der Waals surface area contributed by atoms with Crippen LogP contribution in [0.5, 0.6) is 0 Å². The molecular weight excluding hydrogens is 388 g/mol. The molecule has 3 rings (SSSR count). The number of aromatic amines is 1. The number of nitrogen functional groups attached to an aromatic ring is 1. The molecule has 0 unspecified atom stereocenters. The van der Waals surface area contributed by atoms with Gasteiger partial charge in [-0.1, -0.05) is 27.7 Å². The van der Waals surface area contributed by atoms with Crippen molar-refractivity contribution in [3.63, 3.8) is 0 Å². The highest BCUT2D eigenvalue weighted by Gasteiger charge is 2.29. The van der Waals surface area contributed by atoms with E-state index in [-0.39, 0.29) is 41.5 Å². The predicted molar refractivity (Wildman–Crippen MR) is 113 cm³/mol. The van der Waals surface area contributed by atoms with E-state index >= 15 is 0 Å². The number of aryl methyl sites for hydroxylation is 1. The zero-order valence-corrected chi connectivity index (χ0v) is 17.7. The van der Waals surface area contributed by atoms with E-state index in [9.17, 15) is 14.4 Å². The van der Waals surface area contributed by atoms with Crippen LogP contribution in [0.3, 0.4) is 0 Å². The third-order valence-corrected chi connectivity index (χ3v) is 4.45. The highest BCUT2D eigenvalue weighted by atomic mass is 16.2. The van der Waals surface area contributed by atoms with E-state index in [1.807, 2.05) is 34.6 Å². The van der Waals surface area contributed by atoms with Crippen LogP contribution in [0.25, 0.3) is 5.78 Å². The smallest absolute Gasteiger partial charge is 0.330 e. The van der Waals surface area contributed by atoms with Gasteiger partial charge in [0, 0.05) is 25.0 Å². The van der Waals surface area contributed by atoms with Crippen LogP contribution in [-0.4, -0.2) is 41.6 Å². The average Bonchev–Trinajstić information content (AvgIpc) is 3.09. The third kappa shape index (κ3) is 3.95. The molecule has 3 aromatic rings. The Morgan fingerprint density at radius 2 is 1.93 bits per heavy atom. The fraction of sp³-hybridized carbons (Fsp3) is 0.474. The Morgan fingerprint density at radius 3 is 2.53 bits per heavy atom. The number of rotatable bonds is 6. The first-order valence-electron chi connectivity index (χ1n) is 9.73. The zero-order valence-electron chi connectivity index (χ0n) is 17.7. The van der Waals surface area contributed by atoms with Gasteiger partial charge in [-0.05, 0) is 24.8 Å². The summed E-state index contributed by atoms with van der Waals surface area (Å²) in [4.78, 5) is 50.1. The summed E-state index contributed by atoms with van der Waals surface area (Å²) >= 11 is 0. The van der Waals surface area contributed by atoms with Crippen molar-refractivity contribution in [2.24, 2.45) is 11.8 Å². The van der Waals surface area contributed by atoms with Crippen molar-refractivity contribution in [3.05, 3.63) is 44.6 Å². The standard InChI is InChI=1S/C19H26N8O3/c1-10(2)8-25(13-14(20)26(9-11(3)4)19(30)23-16(13)28)17(29)15-22-18-21-7-6-12(5)27(18)24-15/h6-7,10-11H,8-9,20H2,1-5H3,(H,23,28,30). The largest absolute Gasteiger partial charge is 0.383 e. The number of hydrogen-bond acceptors (Lipinski definition) is 7. The van der Waals surface area contributed by atoms with Gasteiger partial charge in [0.25, 0.3) is 17.2 Å². The number of fused-ring (bicyclic) bond motifs is 1. The maximum atomic E-state index is 13.3. The molecule has 3 aromatic heterocycles. The summed E-state index contributed by atoms with van der Waals surface area (Å²) in [6, 6.07) is 1.74. The van der Waals surface area contributed by atoms with Crippen LogP contribution >= 0.6 is 0 Å². The number of carbonyl (C=O) groups is 1. The Bertz CT molecular complexity index is 1200. The summed E-state index contributed by atoms with van der Waals surface area (Å²) < 4.78 is 2.72. The Hall–Kier alpha value is -3.50. The summed E-state index contributed by atoms with van der Waals surface area (Å²) in [7, 11) is 0. The molecule has 0 atom stereocenters. The van der Waals surface area contributed by atoms with Gasteiger partial charge in [0.1, 0.15) is 5.82 Å². The van der Waals surface area contributed by atoms with Crippen molar-refractivity contribution in [1.29, 1.82) is 0 Å². The normalized spacial score (nSPS) is 11.6. The first kappa shape index (κ1) is 21.2. The van der Waals surface area contributed by atoms with Crippen LogP contribution in [0.15, 0.2) is 21.9 Å². The van der Waals surface area contributed by atoms with Crippen molar-refractivity contribution in [1.82, 2.24) is 29.1 Å². The summed E-state index contributed by atoms with van der Waals surface area (Å²) in [5.41, 5.74) is 5.54. The Labute approximate surface area is 172 Å². The lowest BCUT2D eigenvalue weighted by Gasteiger charge is -2.25. The number of anilines is 2. The number of aromatic nitrogens is 6. The summed E-state index contributed by atoms with van der Waals surface area (Å²) in [5.74, 6) is -0.389. The van der Waals surface area contributed by atoms with Gasteiger partial charge < -0.3 is 5.73 Å². The van der Waals surface area contributed by atoms with E-state index in [0.29, 0.717) is 6.54 Å². The van der Waals surface area contributed by atoms with E-state index in [2.05, 4.69) is 20.1 Å². The lowest BCUT2D eigenvalue weighted by Crippen LogP contribution is -2.43. The molecule has 11 nitrogen and oxygen atoms in total. The van der Waals surface area contributed by atoms with Gasteiger partial charge in [0.05, 0.1) is 0 Å². The minimum atomic E-state index is -0.732. The second kappa shape index (κ2) is 8.09. The monoisotopic (exact) mass is 414 g/mol. The van der Waals surface area contributed by atoms with Gasteiger partial charge in [-0.25, -0.2) is 14.3 Å². The van der Waals surface area contributed by atoms with E-state index in [4.69, 9.17) is 5.73 Å². The van der Waals surface area contributed by atoms with Crippen LogP contribution in [0, 0.1) is 18.8 Å². The van der Waals surface area contributed by atoms with Crippen LogP contribution in [-0.2, 0) is 6.54 Å². The van der Waals surface area contributed by atoms with Gasteiger partial charge in [0.15, 0.2) is 5.69 Å². The average molecular weight is 414 g/mol. The van der Waals surface area contributed by atoms with Crippen LogP contribution in [0.4, 0.5) is 11.5 Å². The molecule has 0 aromatic carbocycles. The Kier molecular flexibility index (Phi) is 5.72. The molecule has 0 aliphatic rings. The molecule has 0 spiro atoms. The fourth-order valence-electron chi connectivity index (χ4n) is 3.14. The molecule has 30 heavy (non-hydrogen) atoms. The molecule has 0 aliphatic heterocycles. The van der Waals surface area contributed by atoms with Crippen molar-refractivity contribution >= 4 is 23.2 Å². The van der Waals surface area contributed by atoms with Crippen LogP contribution < -0.4 is 21.9 Å². The molecule has 0 saturated heterocycles. The van der Waals surface area contributed by atoms with Gasteiger partial charge in [0.2, 0.25) is 5.82 Å². The lowest BCUT2D eigenvalue weighted by atomic mass is 10.2. The Morgan fingerprint density at radius 1 is 1.23 bits per heavy atom. The molecule has 0 saturated carbocycles. The highest BCUT2D eigenvalue weighted by molar-refractivity contribution is 6.05. The fourth-order valence-corrected chi connectivity index (χ4v) is 3.14. The topological polar surface area (TPSA) is 144 Å². The van der Waals surface area contributed by atoms with Crippen LogP contribution in [0.1, 0.15) is 44.0 Å². The van der Waals surface area contributed by atoms with Gasteiger partial charge >= 0.3 is 5.69 Å². The quantitative estimate of drug-likeness (QED) is 0.607. The SMILES string of the molecule is Cc1ccnc2nc(C(=O)N(CC(C)C)c3c(N)n(CC(C)C)c(=O)[nH]c3=O)nn12. The number of hydrogen-bond donors (Lipinski definition) is 2. The van der Waals surface area contributed by atoms with E-state index in [0.717, 1.165) is 5.69 Å². The molecule has 0 aliphatic carbocycles. The molecule has 3 N–H and O–H groups in total. The number of nitrogens with two attached hydrogens (primary N) is 1. The van der Waals surface area contributed by atoms with Gasteiger partial charge in [-0.3, -0.25) is 24.0 Å². The first-order chi connectivity index (χ1) is 14.1. The lowest BCUT2D eigenvalue weighted by molar-refractivity contribution is 0.0973. The van der Waals surface area contributed by atoms with E-state index < -0.39 is 17.2 Å². The molecule has 0 fully saturated rings. The second-order valence-electron chi connectivity index (χ2n) is 8.04. The molecule has 0 bridgehead atoms. The second-order valence-corrected chi connectivity index (χ2v) is 8.04. The molecule has 3 heterocycles. The molecular formula is C19H26N8O3. The first-order valence-corrected chi connectivity index (χ1v) is 9.73. The number of nitrogens with one attached hydrogen (secondary N) is 1. The Balaban J connectivity index is 2.17. The highest BCUT2D eigenvalue weighted by Crippen LogP contribution is 2.21. The minimum absolute atomic E-state index is 0.00937. The van der Waals surface area contributed by atoms with Crippen molar-refractivity contribution in [2.45, 2.75) is 41.2 Å². The third-order valence-electron chi connectivity index (χ3n) is 4.45.